The summed E-state index contributed by atoms with van der Waals surface area (Å²) >= 11 is 0. The zero-order valence-corrected chi connectivity index (χ0v) is 11.9. The average Bonchev–Trinajstić information content (AvgIpc) is 2.38. The van der Waals surface area contributed by atoms with E-state index in [1.54, 1.807) is 0 Å². The third-order valence-corrected chi connectivity index (χ3v) is 3.69. The first-order chi connectivity index (χ1) is 8.74. The van der Waals surface area contributed by atoms with Crippen LogP contribution in [0, 0.1) is 0 Å². The van der Waals surface area contributed by atoms with E-state index < -0.39 is 0 Å². The van der Waals surface area contributed by atoms with E-state index in [0.717, 1.165) is 6.54 Å². The standard InChI is InChI=1S/C16H26N2/c1-17(2)14-16-8-6-15(7-9-16)10-13-18-11-4-3-5-12-18/h6-9H,3-5,10-14H2,1-2H3. The molecule has 100 valence electrons. The molecule has 1 aromatic rings. The Morgan fingerprint density at radius 1 is 0.944 bits per heavy atom. The van der Waals surface area contributed by atoms with Crippen molar-refractivity contribution < 1.29 is 0 Å². The van der Waals surface area contributed by atoms with Crippen molar-refractivity contribution in [2.45, 2.75) is 32.2 Å². The summed E-state index contributed by atoms with van der Waals surface area (Å²) in [5, 5.41) is 0. The van der Waals surface area contributed by atoms with Crippen LogP contribution in [0.5, 0.6) is 0 Å². The Labute approximate surface area is 112 Å². The summed E-state index contributed by atoms with van der Waals surface area (Å²) in [5.41, 5.74) is 2.88. The first kappa shape index (κ1) is 13.6. The third-order valence-electron chi connectivity index (χ3n) is 3.69. The smallest absolute Gasteiger partial charge is 0.0227 e. The molecule has 2 heteroatoms. The predicted molar refractivity (Wildman–Crippen MR) is 77.8 cm³/mol. The lowest BCUT2D eigenvalue weighted by Gasteiger charge is -2.26. The Morgan fingerprint density at radius 3 is 2.17 bits per heavy atom. The number of hydrogen-bond acceptors (Lipinski definition) is 2. The van der Waals surface area contributed by atoms with Gasteiger partial charge >= 0.3 is 0 Å². The molecule has 0 bridgehead atoms. The highest BCUT2D eigenvalue weighted by Crippen LogP contribution is 2.11. The van der Waals surface area contributed by atoms with Crippen LogP contribution in [0.25, 0.3) is 0 Å². The van der Waals surface area contributed by atoms with Crippen LogP contribution in [0.3, 0.4) is 0 Å². The fraction of sp³-hybridized carbons (Fsp3) is 0.625. The maximum Gasteiger partial charge on any atom is 0.0227 e. The molecule has 1 aromatic carbocycles. The lowest BCUT2D eigenvalue weighted by atomic mass is 10.1. The van der Waals surface area contributed by atoms with Crippen molar-refractivity contribution in [3.05, 3.63) is 35.4 Å². The molecule has 0 aromatic heterocycles. The van der Waals surface area contributed by atoms with Gasteiger partial charge in [0.25, 0.3) is 0 Å². The SMILES string of the molecule is CN(C)Cc1ccc(CCN2CCCCC2)cc1. The molecule has 1 fully saturated rings. The van der Waals surface area contributed by atoms with E-state index >= 15 is 0 Å². The van der Waals surface area contributed by atoms with Gasteiger partial charge in [-0.2, -0.15) is 0 Å². The van der Waals surface area contributed by atoms with Crippen LogP contribution >= 0.6 is 0 Å². The second-order valence-electron chi connectivity index (χ2n) is 5.71. The summed E-state index contributed by atoms with van der Waals surface area (Å²) in [5.74, 6) is 0. The first-order valence-corrected chi connectivity index (χ1v) is 7.19. The highest BCUT2D eigenvalue weighted by molar-refractivity contribution is 5.22. The minimum absolute atomic E-state index is 1.03. The van der Waals surface area contributed by atoms with Crippen molar-refractivity contribution in [3.8, 4) is 0 Å². The highest BCUT2D eigenvalue weighted by Gasteiger charge is 2.09. The average molecular weight is 246 g/mol. The van der Waals surface area contributed by atoms with Crippen LogP contribution in [-0.4, -0.2) is 43.5 Å². The quantitative estimate of drug-likeness (QED) is 0.788. The van der Waals surface area contributed by atoms with E-state index in [1.165, 1.54) is 56.4 Å². The second-order valence-corrected chi connectivity index (χ2v) is 5.71. The molecular weight excluding hydrogens is 220 g/mol. The van der Waals surface area contributed by atoms with Crippen molar-refractivity contribution in [2.24, 2.45) is 0 Å². The fourth-order valence-corrected chi connectivity index (χ4v) is 2.65. The van der Waals surface area contributed by atoms with Gasteiger partial charge in [-0.25, -0.2) is 0 Å². The summed E-state index contributed by atoms with van der Waals surface area (Å²) in [4.78, 5) is 4.82. The molecular formula is C16H26N2. The Bertz CT molecular complexity index is 337. The van der Waals surface area contributed by atoms with Gasteiger partial charge in [0.05, 0.1) is 0 Å². The van der Waals surface area contributed by atoms with E-state index in [4.69, 9.17) is 0 Å². The highest BCUT2D eigenvalue weighted by atomic mass is 15.1. The fourth-order valence-electron chi connectivity index (χ4n) is 2.65. The van der Waals surface area contributed by atoms with E-state index in [9.17, 15) is 0 Å². The lowest BCUT2D eigenvalue weighted by molar-refractivity contribution is 0.231. The summed E-state index contributed by atoms with van der Waals surface area (Å²) in [6.45, 7) is 4.87. The molecule has 0 spiro atoms. The van der Waals surface area contributed by atoms with E-state index in [1.807, 2.05) is 0 Å². The van der Waals surface area contributed by atoms with Crippen LogP contribution in [0.4, 0.5) is 0 Å². The molecule has 0 aliphatic carbocycles. The molecule has 1 aliphatic rings. The van der Waals surface area contributed by atoms with Gasteiger partial charge < -0.3 is 9.80 Å². The van der Waals surface area contributed by atoms with E-state index in [0.29, 0.717) is 0 Å². The molecule has 1 aliphatic heterocycles. The van der Waals surface area contributed by atoms with E-state index in [-0.39, 0.29) is 0 Å². The zero-order chi connectivity index (χ0) is 12.8. The molecule has 18 heavy (non-hydrogen) atoms. The number of hydrogen-bond donors (Lipinski definition) is 0. The van der Waals surface area contributed by atoms with Crippen LogP contribution in [0.2, 0.25) is 0 Å². The Kier molecular flexibility index (Phi) is 5.21. The van der Waals surface area contributed by atoms with Crippen molar-refractivity contribution in [3.63, 3.8) is 0 Å². The first-order valence-electron chi connectivity index (χ1n) is 7.19. The van der Waals surface area contributed by atoms with Crippen molar-refractivity contribution in [1.29, 1.82) is 0 Å². The van der Waals surface area contributed by atoms with Gasteiger partial charge in [-0.1, -0.05) is 30.7 Å². The van der Waals surface area contributed by atoms with Crippen LogP contribution < -0.4 is 0 Å². The molecule has 2 nitrogen and oxygen atoms in total. The van der Waals surface area contributed by atoms with E-state index in [2.05, 4.69) is 48.2 Å². The molecule has 0 radical (unpaired) electrons. The molecule has 1 saturated heterocycles. The third kappa shape index (κ3) is 4.43. The van der Waals surface area contributed by atoms with Gasteiger partial charge in [-0.05, 0) is 57.6 Å². The van der Waals surface area contributed by atoms with Crippen LogP contribution in [-0.2, 0) is 13.0 Å². The lowest BCUT2D eigenvalue weighted by Crippen LogP contribution is -2.31. The largest absolute Gasteiger partial charge is 0.305 e. The Hall–Kier alpha value is -0.860. The monoisotopic (exact) mass is 246 g/mol. The van der Waals surface area contributed by atoms with Crippen molar-refractivity contribution in [2.75, 3.05) is 33.7 Å². The maximum absolute atomic E-state index is 2.61. The zero-order valence-electron chi connectivity index (χ0n) is 11.9. The minimum Gasteiger partial charge on any atom is -0.305 e. The van der Waals surface area contributed by atoms with Gasteiger partial charge in [0.2, 0.25) is 0 Å². The van der Waals surface area contributed by atoms with Gasteiger partial charge in [-0.3, -0.25) is 0 Å². The topological polar surface area (TPSA) is 6.48 Å². The van der Waals surface area contributed by atoms with Gasteiger partial charge in [0.1, 0.15) is 0 Å². The van der Waals surface area contributed by atoms with Gasteiger partial charge in [0.15, 0.2) is 0 Å². The van der Waals surface area contributed by atoms with Crippen LogP contribution in [0.15, 0.2) is 24.3 Å². The second kappa shape index (κ2) is 6.91. The number of piperidine rings is 1. The Balaban J connectivity index is 1.78. The molecule has 1 heterocycles. The summed E-state index contributed by atoms with van der Waals surface area (Å²) in [7, 11) is 4.23. The minimum atomic E-state index is 1.03. The molecule has 0 atom stereocenters. The number of rotatable bonds is 5. The molecule has 0 amide bonds. The van der Waals surface area contributed by atoms with Gasteiger partial charge in [0, 0.05) is 13.1 Å². The molecule has 0 saturated carbocycles. The van der Waals surface area contributed by atoms with Crippen molar-refractivity contribution in [1.82, 2.24) is 9.80 Å². The number of benzene rings is 1. The maximum atomic E-state index is 2.61. The normalized spacial score (nSPS) is 17.3. The number of nitrogens with zero attached hydrogens (tertiary/aromatic N) is 2. The van der Waals surface area contributed by atoms with Crippen LogP contribution in [0.1, 0.15) is 30.4 Å². The summed E-state index contributed by atoms with van der Waals surface area (Å²) < 4.78 is 0. The molecule has 0 unspecified atom stereocenters. The predicted octanol–water partition coefficient (Wildman–Crippen LogP) is 2.78. The summed E-state index contributed by atoms with van der Waals surface area (Å²) in [6, 6.07) is 9.13. The molecule has 0 N–H and O–H groups in total. The van der Waals surface area contributed by atoms with Crippen molar-refractivity contribution >= 4 is 0 Å². The molecule has 2 rings (SSSR count). The van der Waals surface area contributed by atoms with Gasteiger partial charge in [-0.15, -0.1) is 0 Å². The number of likely N-dealkylation sites (tertiary alicyclic amines) is 1. The summed E-state index contributed by atoms with van der Waals surface area (Å²) in [6.07, 6.45) is 5.40. The Morgan fingerprint density at radius 2 is 1.56 bits per heavy atom.